The van der Waals surface area contributed by atoms with Crippen LogP contribution in [-0.4, -0.2) is 36.1 Å². The summed E-state index contributed by atoms with van der Waals surface area (Å²) in [5.74, 6) is -0.694. The lowest BCUT2D eigenvalue weighted by atomic mass is 10.2. The first-order chi connectivity index (χ1) is 15.8. The number of hydrogen-bond donors (Lipinski definition) is 1. The van der Waals surface area contributed by atoms with E-state index in [2.05, 4.69) is 15.3 Å². The van der Waals surface area contributed by atoms with Gasteiger partial charge in [-0.3, -0.25) is 15.1 Å². The number of aryl methyl sites for hydroxylation is 1. The fraction of sp³-hybridized carbons (Fsp3) is 0.0909. The van der Waals surface area contributed by atoms with Gasteiger partial charge in [0.25, 0.3) is 5.91 Å². The summed E-state index contributed by atoms with van der Waals surface area (Å²) in [5, 5.41) is 2.29. The summed E-state index contributed by atoms with van der Waals surface area (Å²) >= 11 is 7.13. The number of amides is 3. The van der Waals surface area contributed by atoms with Crippen molar-refractivity contribution < 1.29 is 18.0 Å². The summed E-state index contributed by atoms with van der Waals surface area (Å²) in [5.41, 5.74) is 1.48. The number of carbonyl (C=O) groups excluding carboxylic acids is 2. The Morgan fingerprint density at radius 2 is 1.79 bits per heavy atom. The molecule has 4 aromatic rings. The molecule has 0 saturated heterocycles. The van der Waals surface area contributed by atoms with Crippen LogP contribution in [0.2, 0.25) is 0 Å². The lowest BCUT2D eigenvalue weighted by Gasteiger charge is -2.10. The van der Waals surface area contributed by atoms with Crippen LogP contribution < -0.4 is 9.74 Å². The standard InChI is InChI=1S/C22H17ClN4O4S2/c23-27(21(29)26-20(28)15-6-2-1-3-7-15)22-25-18-10-9-17(14-19(18)32-22)33(30,31)13-11-16-8-4-5-12-24-16/h1-10,12,14H,11,13H2,(H,26,28,29). The van der Waals surface area contributed by atoms with Crippen molar-refractivity contribution in [3.8, 4) is 0 Å². The van der Waals surface area contributed by atoms with Crippen molar-refractivity contribution in [3.63, 3.8) is 0 Å². The molecule has 0 bridgehead atoms. The molecule has 0 fully saturated rings. The van der Waals surface area contributed by atoms with Gasteiger partial charge in [0.15, 0.2) is 9.84 Å². The number of pyridine rings is 1. The normalized spacial score (nSPS) is 11.3. The number of nitrogens with zero attached hydrogens (tertiary/aromatic N) is 3. The molecule has 8 nitrogen and oxygen atoms in total. The molecule has 3 amide bonds. The summed E-state index contributed by atoms with van der Waals surface area (Å²) in [4.78, 5) is 33.1. The third-order valence-electron chi connectivity index (χ3n) is 4.66. The zero-order valence-electron chi connectivity index (χ0n) is 17.0. The third kappa shape index (κ3) is 5.36. The number of rotatable bonds is 6. The van der Waals surface area contributed by atoms with Gasteiger partial charge in [-0.1, -0.05) is 35.6 Å². The maximum Gasteiger partial charge on any atom is 0.345 e. The maximum atomic E-state index is 12.8. The molecule has 168 valence electrons. The Morgan fingerprint density at radius 3 is 2.52 bits per heavy atom. The van der Waals surface area contributed by atoms with E-state index in [9.17, 15) is 18.0 Å². The molecule has 1 N–H and O–H groups in total. The molecule has 2 aromatic carbocycles. The number of urea groups is 1. The summed E-state index contributed by atoms with van der Waals surface area (Å²) in [6.07, 6.45) is 1.91. The second kappa shape index (κ2) is 9.65. The van der Waals surface area contributed by atoms with Crippen LogP contribution in [-0.2, 0) is 16.3 Å². The van der Waals surface area contributed by atoms with Crippen molar-refractivity contribution >= 4 is 60.2 Å². The van der Waals surface area contributed by atoms with Crippen molar-refractivity contribution in [3.05, 3.63) is 84.2 Å². The van der Waals surface area contributed by atoms with Crippen molar-refractivity contribution in [1.29, 1.82) is 0 Å². The average molecular weight is 501 g/mol. The van der Waals surface area contributed by atoms with Gasteiger partial charge in [0.2, 0.25) is 5.13 Å². The van der Waals surface area contributed by atoms with Gasteiger partial charge in [-0.05, 0) is 42.5 Å². The van der Waals surface area contributed by atoms with Crippen LogP contribution in [0.15, 0.2) is 77.8 Å². The van der Waals surface area contributed by atoms with E-state index in [4.69, 9.17) is 11.8 Å². The number of thiazole rings is 1. The van der Waals surface area contributed by atoms with Crippen LogP contribution in [0.5, 0.6) is 0 Å². The quantitative estimate of drug-likeness (QED) is 0.397. The van der Waals surface area contributed by atoms with E-state index in [0.29, 0.717) is 32.3 Å². The van der Waals surface area contributed by atoms with Crippen LogP contribution in [0, 0.1) is 0 Å². The molecule has 4 rings (SSSR count). The highest BCUT2D eigenvalue weighted by molar-refractivity contribution is 7.91. The van der Waals surface area contributed by atoms with Crippen LogP contribution in [0.1, 0.15) is 16.1 Å². The van der Waals surface area contributed by atoms with E-state index < -0.39 is 21.8 Å². The van der Waals surface area contributed by atoms with E-state index in [1.165, 1.54) is 12.1 Å². The molecule has 0 spiro atoms. The number of anilines is 1. The van der Waals surface area contributed by atoms with Gasteiger partial charge >= 0.3 is 6.03 Å². The smallest absolute Gasteiger partial charge is 0.272 e. The number of imide groups is 1. The number of fused-ring (bicyclic) bond motifs is 1. The topological polar surface area (TPSA) is 109 Å². The lowest BCUT2D eigenvalue weighted by molar-refractivity contribution is 0.0966. The molecule has 11 heteroatoms. The molecular formula is C22H17ClN4O4S2. The van der Waals surface area contributed by atoms with Crippen molar-refractivity contribution in [2.24, 2.45) is 0 Å². The summed E-state index contributed by atoms with van der Waals surface area (Å²) in [6.45, 7) is 0. The predicted molar refractivity (Wildman–Crippen MR) is 127 cm³/mol. The molecule has 0 radical (unpaired) electrons. The highest BCUT2D eigenvalue weighted by Gasteiger charge is 2.22. The molecule has 0 aliphatic carbocycles. The molecule has 0 aliphatic rings. The van der Waals surface area contributed by atoms with Gasteiger partial charge in [0, 0.05) is 35.7 Å². The van der Waals surface area contributed by atoms with Crippen LogP contribution >= 0.6 is 23.1 Å². The molecular weight excluding hydrogens is 484 g/mol. The number of benzene rings is 2. The van der Waals surface area contributed by atoms with Gasteiger partial charge in [-0.2, -0.15) is 4.42 Å². The number of aromatic nitrogens is 2. The summed E-state index contributed by atoms with van der Waals surface area (Å²) in [6, 6.07) is 17.2. The van der Waals surface area contributed by atoms with E-state index in [1.54, 1.807) is 60.8 Å². The maximum absolute atomic E-state index is 12.8. The monoisotopic (exact) mass is 500 g/mol. The molecule has 33 heavy (non-hydrogen) atoms. The first kappa shape index (κ1) is 22.8. The highest BCUT2D eigenvalue weighted by Crippen LogP contribution is 2.32. The number of hydrogen-bond acceptors (Lipinski definition) is 7. The Kier molecular flexibility index (Phi) is 6.68. The van der Waals surface area contributed by atoms with Crippen molar-refractivity contribution in [2.75, 3.05) is 10.2 Å². The van der Waals surface area contributed by atoms with Gasteiger partial charge in [-0.15, -0.1) is 0 Å². The minimum Gasteiger partial charge on any atom is -0.272 e. The second-order valence-electron chi connectivity index (χ2n) is 6.92. The lowest BCUT2D eigenvalue weighted by Crippen LogP contribution is -2.38. The molecule has 0 saturated carbocycles. The van der Waals surface area contributed by atoms with Crippen LogP contribution in [0.4, 0.5) is 9.93 Å². The second-order valence-corrected chi connectivity index (χ2v) is 10.4. The van der Waals surface area contributed by atoms with E-state index in [-0.39, 0.29) is 15.8 Å². The van der Waals surface area contributed by atoms with Gasteiger partial charge < -0.3 is 0 Å². The predicted octanol–water partition coefficient (Wildman–Crippen LogP) is 4.22. The molecule has 2 aromatic heterocycles. The Bertz CT molecular complexity index is 1410. The third-order valence-corrected chi connectivity index (χ3v) is 7.79. The number of halogens is 1. The number of nitrogens with one attached hydrogen (secondary N) is 1. The fourth-order valence-corrected chi connectivity index (χ4v) is 5.42. The minimum atomic E-state index is -3.56. The van der Waals surface area contributed by atoms with Gasteiger partial charge in [0.1, 0.15) is 0 Å². The molecule has 0 unspecified atom stereocenters. The van der Waals surface area contributed by atoms with Crippen molar-refractivity contribution in [1.82, 2.24) is 15.3 Å². The fourth-order valence-electron chi connectivity index (χ4n) is 2.97. The Balaban J connectivity index is 1.49. The summed E-state index contributed by atoms with van der Waals surface area (Å²) in [7, 11) is -3.56. The Morgan fingerprint density at radius 1 is 1.03 bits per heavy atom. The Hall–Kier alpha value is -3.34. The first-order valence-corrected chi connectivity index (χ1v) is 12.5. The van der Waals surface area contributed by atoms with E-state index >= 15 is 0 Å². The molecule has 2 heterocycles. The van der Waals surface area contributed by atoms with Crippen molar-refractivity contribution in [2.45, 2.75) is 11.3 Å². The van der Waals surface area contributed by atoms with E-state index in [0.717, 1.165) is 11.3 Å². The van der Waals surface area contributed by atoms with Crippen LogP contribution in [0.25, 0.3) is 10.2 Å². The minimum absolute atomic E-state index is 0.0905. The first-order valence-electron chi connectivity index (χ1n) is 9.73. The highest BCUT2D eigenvalue weighted by atomic mass is 35.5. The largest absolute Gasteiger partial charge is 0.345 e. The molecule has 0 aliphatic heterocycles. The Labute approximate surface area is 198 Å². The van der Waals surface area contributed by atoms with Crippen LogP contribution in [0.3, 0.4) is 0 Å². The molecule has 0 atom stereocenters. The average Bonchev–Trinajstić information content (AvgIpc) is 3.27. The SMILES string of the molecule is O=C(NC(=O)N(Cl)c1nc2ccc(S(=O)(=O)CCc3ccccn3)cc2s1)c1ccccc1. The zero-order chi connectivity index (χ0) is 23.4. The van der Waals surface area contributed by atoms with Gasteiger partial charge in [0.05, 0.1) is 20.9 Å². The number of carbonyl (C=O) groups is 2. The summed E-state index contributed by atoms with van der Waals surface area (Å²) < 4.78 is 26.8. The zero-order valence-corrected chi connectivity index (χ0v) is 19.4. The number of sulfone groups is 1. The van der Waals surface area contributed by atoms with Gasteiger partial charge in [-0.25, -0.2) is 18.2 Å². The van der Waals surface area contributed by atoms with E-state index in [1.807, 2.05) is 0 Å².